The Bertz CT molecular complexity index is 305. The Morgan fingerprint density at radius 3 is 2.29 bits per heavy atom. The number of hydrogen-bond donors (Lipinski definition) is 1. The van der Waals surface area contributed by atoms with Gasteiger partial charge in [-0.1, -0.05) is 26.0 Å². The Morgan fingerprint density at radius 1 is 1.29 bits per heavy atom. The van der Waals surface area contributed by atoms with E-state index in [1.54, 1.807) is 0 Å². The normalized spacial score (nSPS) is 25.4. The zero-order valence-corrected chi connectivity index (χ0v) is 9.55. The van der Waals surface area contributed by atoms with Crippen LogP contribution in [-0.2, 0) is 0 Å². The van der Waals surface area contributed by atoms with Crippen molar-refractivity contribution >= 4 is 11.8 Å². The van der Waals surface area contributed by atoms with Gasteiger partial charge in [-0.2, -0.15) is 0 Å². The Kier molecular flexibility index (Phi) is 2.84. The second kappa shape index (κ2) is 3.95. The molecule has 0 aliphatic heterocycles. The van der Waals surface area contributed by atoms with Gasteiger partial charge >= 0.3 is 0 Å². The van der Waals surface area contributed by atoms with Gasteiger partial charge in [0, 0.05) is 22.1 Å². The highest BCUT2D eigenvalue weighted by Crippen LogP contribution is 2.39. The fourth-order valence-corrected chi connectivity index (χ4v) is 2.50. The first-order chi connectivity index (χ1) is 6.66. The summed E-state index contributed by atoms with van der Waals surface area (Å²) in [5.41, 5.74) is 7.22. The molecular formula is C12H17NS. The molecule has 2 unspecified atom stereocenters. The fourth-order valence-electron chi connectivity index (χ4n) is 1.66. The molecule has 1 aliphatic rings. The average molecular weight is 207 g/mol. The monoisotopic (exact) mass is 207 g/mol. The van der Waals surface area contributed by atoms with E-state index in [-0.39, 0.29) is 0 Å². The number of rotatable bonds is 3. The molecule has 1 fully saturated rings. The van der Waals surface area contributed by atoms with E-state index < -0.39 is 0 Å². The van der Waals surface area contributed by atoms with Crippen LogP contribution in [0.25, 0.3) is 0 Å². The van der Waals surface area contributed by atoms with Crippen LogP contribution in [0.2, 0.25) is 0 Å². The summed E-state index contributed by atoms with van der Waals surface area (Å²) < 4.78 is 0. The van der Waals surface area contributed by atoms with Crippen molar-refractivity contribution in [1.82, 2.24) is 0 Å². The van der Waals surface area contributed by atoms with Crippen LogP contribution in [0.4, 0.5) is 0 Å². The average Bonchev–Trinajstić information content (AvgIpc) is 2.83. The standard InChI is InChI=1S/C12H17NS/c1-8(2)14-10-5-3-9(4-6-10)11-7-12(11)13/h3-6,8,11-12H,7,13H2,1-2H3. The van der Waals surface area contributed by atoms with E-state index in [4.69, 9.17) is 5.73 Å². The van der Waals surface area contributed by atoms with Gasteiger partial charge in [-0.15, -0.1) is 11.8 Å². The molecule has 0 amide bonds. The largest absolute Gasteiger partial charge is 0.327 e. The number of benzene rings is 1. The van der Waals surface area contributed by atoms with E-state index in [0.717, 1.165) is 6.42 Å². The molecule has 0 radical (unpaired) electrons. The van der Waals surface area contributed by atoms with E-state index in [1.165, 1.54) is 10.5 Å². The van der Waals surface area contributed by atoms with Gasteiger partial charge < -0.3 is 5.73 Å². The Morgan fingerprint density at radius 2 is 1.86 bits per heavy atom. The van der Waals surface area contributed by atoms with Gasteiger partial charge in [0.2, 0.25) is 0 Å². The van der Waals surface area contributed by atoms with Gasteiger partial charge in [-0.25, -0.2) is 0 Å². The highest BCUT2D eigenvalue weighted by molar-refractivity contribution is 7.99. The van der Waals surface area contributed by atoms with E-state index in [0.29, 0.717) is 17.2 Å². The maximum atomic E-state index is 5.81. The molecule has 2 N–H and O–H groups in total. The minimum atomic E-state index is 0.415. The van der Waals surface area contributed by atoms with Crippen molar-refractivity contribution in [1.29, 1.82) is 0 Å². The zero-order chi connectivity index (χ0) is 10.1. The lowest BCUT2D eigenvalue weighted by Crippen LogP contribution is -2.00. The van der Waals surface area contributed by atoms with Crippen molar-refractivity contribution in [2.75, 3.05) is 0 Å². The summed E-state index contributed by atoms with van der Waals surface area (Å²) >= 11 is 1.91. The van der Waals surface area contributed by atoms with Crippen LogP contribution in [0.1, 0.15) is 31.7 Å². The lowest BCUT2D eigenvalue weighted by molar-refractivity contribution is 0.988. The Hall–Kier alpha value is -0.470. The van der Waals surface area contributed by atoms with Crippen molar-refractivity contribution in [2.24, 2.45) is 5.73 Å². The molecule has 0 spiro atoms. The number of thioether (sulfide) groups is 1. The topological polar surface area (TPSA) is 26.0 Å². The SMILES string of the molecule is CC(C)Sc1ccc(C2CC2N)cc1. The van der Waals surface area contributed by atoms with Crippen molar-refractivity contribution in [3.8, 4) is 0 Å². The summed E-state index contributed by atoms with van der Waals surface area (Å²) in [6, 6.07) is 9.29. The zero-order valence-electron chi connectivity index (χ0n) is 8.73. The molecule has 1 saturated carbocycles. The molecule has 0 heterocycles. The third kappa shape index (κ3) is 2.31. The Balaban J connectivity index is 2.03. The van der Waals surface area contributed by atoms with Crippen molar-refractivity contribution < 1.29 is 0 Å². The van der Waals surface area contributed by atoms with Crippen molar-refractivity contribution in [3.63, 3.8) is 0 Å². The minimum Gasteiger partial charge on any atom is -0.327 e. The van der Waals surface area contributed by atoms with Gasteiger partial charge in [-0.3, -0.25) is 0 Å². The molecule has 2 rings (SSSR count). The Labute approximate surface area is 90.1 Å². The molecule has 0 aromatic heterocycles. The molecule has 1 aromatic rings. The molecule has 0 bridgehead atoms. The molecule has 1 nitrogen and oxygen atoms in total. The highest BCUT2D eigenvalue weighted by Gasteiger charge is 2.34. The molecule has 14 heavy (non-hydrogen) atoms. The van der Waals surface area contributed by atoms with Gasteiger partial charge in [-0.05, 0) is 24.1 Å². The molecule has 2 atom stereocenters. The predicted octanol–water partition coefficient (Wildman–Crippen LogP) is 3.00. The van der Waals surface area contributed by atoms with Crippen LogP contribution in [0, 0.1) is 0 Å². The van der Waals surface area contributed by atoms with Gasteiger partial charge in [0.25, 0.3) is 0 Å². The molecular weight excluding hydrogens is 190 g/mol. The van der Waals surface area contributed by atoms with E-state index in [9.17, 15) is 0 Å². The second-order valence-corrected chi connectivity index (χ2v) is 5.89. The first kappa shape index (κ1) is 10.1. The third-order valence-corrected chi connectivity index (χ3v) is 3.54. The van der Waals surface area contributed by atoms with E-state index in [1.807, 2.05) is 11.8 Å². The maximum absolute atomic E-state index is 5.81. The van der Waals surface area contributed by atoms with E-state index >= 15 is 0 Å². The molecule has 1 aliphatic carbocycles. The summed E-state index contributed by atoms with van der Waals surface area (Å²) in [7, 11) is 0. The quantitative estimate of drug-likeness (QED) is 0.771. The smallest absolute Gasteiger partial charge is 0.0115 e. The fraction of sp³-hybridized carbons (Fsp3) is 0.500. The molecule has 2 heteroatoms. The molecule has 76 valence electrons. The summed E-state index contributed by atoms with van der Waals surface area (Å²) in [6.45, 7) is 4.44. The van der Waals surface area contributed by atoms with Gasteiger partial charge in [0.05, 0.1) is 0 Å². The van der Waals surface area contributed by atoms with Crippen LogP contribution >= 0.6 is 11.8 Å². The summed E-state index contributed by atoms with van der Waals surface area (Å²) in [5, 5.41) is 0.657. The summed E-state index contributed by atoms with van der Waals surface area (Å²) in [4.78, 5) is 1.36. The van der Waals surface area contributed by atoms with Crippen molar-refractivity contribution in [3.05, 3.63) is 29.8 Å². The van der Waals surface area contributed by atoms with E-state index in [2.05, 4.69) is 38.1 Å². The van der Waals surface area contributed by atoms with Crippen LogP contribution in [-0.4, -0.2) is 11.3 Å². The van der Waals surface area contributed by atoms with Crippen LogP contribution in [0.15, 0.2) is 29.2 Å². The lowest BCUT2D eigenvalue weighted by Gasteiger charge is -2.05. The van der Waals surface area contributed by atoms with Crippen LogP contribution in [0.3, 0.4) is 0 Å². The molecule has 1 aromatic carbocycles. The minimum absolute atomic E-state index is 0.415. The third-order valence-electron chi connectivity index (χ3n) is 2.52. The summed E-state index contributed by atoms with van der Waals surface area (Å²) in [5.74, 6) is 0.632. The first-order valence-corrected chi connectivity index (χ1v) is 6.07. The first-order valence-electron chi connectivity index (χ1n) is 5.19. The summed E-state index contributed by atoms with van der Waals surface area (Å²) in [6.07, 6.45) is 1.16. The predicted molar refractivity (Wildman–Crippen MR) is 62.8 cm³/mol. The maximum Gasteiger partial charge on any atom is 0.0115 e. The van der Waals surface area contributed by atoms with Crippen LogP contribution in [0.5, 0.6) is 0 Å². The number of nitrogens with two attached hydrogens (primary N) is 1. The highest BCUT2D eigenvalue weighted by atomic mass is 32.2. The number of hydrogen-bond acceptors (Lipinski definition) is 2. The van der Waals surface area contributed by atoms with Gasteiger partial charge in [0.1, 0.15) is 0 Å². The molecule has 0 saturated heterocycles. The van der Waals surface area contributed by atoms with Crippen molar-refractivity contribution in [2.45, 2.75) is 42.4 Å². The second-order valence-electron chi connectivity index (χ2n) is 4.24. The van der Waals surface area contributed by atoms with Gasteiger partial charge in [0.15, 0.2) is 0 Å². The van der Waals surface area contributed by atoms with Crippen LogP contribution < -0.4 is 5.73 Å². The lowest BCUT2D eigenvalue weighted by atomic mass is 10.1.